The van der Waals surface area contributed by atoms with Gasteiger partial charge in [0.2, 0.25) is 0 Å². The van der Waals surface area contributed by atoms with E-state index in [0.29, 0.717) is 40.8 Å². The fourth-order valence-corrected chi connectivity index (χ4v) is 2.72. The van der Waals surface area contributed by atoms with Gasteiger partial charge in [0.05, 0.1) is 16.2 Å². The van der Waals surface area contributed by atoms with Crippen molar-refractivity contribution in [3.8, 4) is 11.3 Å². The molecular weight excluding hydrogens is 428 g/mol. The first-order valence-electron chi connectivity index (χ1n) is 9.81. The van der Waals surface area contributed by atoms with E-state index in [1.54, 1.807) is 24.4 Å². The van der Waals surface area contributed by atoms with Gasteiger partial charge < -0.3 is 9.73 Å². The summed E-state index contributed by atoms with van der Waals surface area (Å²) in [5.41, 5.74) is 1.54. The molecular formula is C22H26Cl2FN3O2. The summed E-state index contributed by atoms with van der Waals surface area (Å²) < 4.78 is 18.4. The molecule has 3 aromatic rings. The average Bonchev–Trinajstić information content (AvgIpc) is 3.26. The number of rotatable bonds is 6. The van der Waals surface area contributed by atoms with Crippen molar-refractivity contribution in [1.82, 2.24) is 15.3 Å². The van der Waals surface area contributed by atoms with Crippen LogP contribution in [0.15, 0.2) is 47.5 Å². The zero-order valence-electron chi connectivity index (χ0n) is 17.5. The summed E-state index contributed by atoms with van der Waals surface area (Å²) in [5.74, 6) is -0.423. The number of aromatic nitrogens is 2. The Labute approximate surface area is 186 Å². The highest BCUT2D eigenvalue weighted by atomic mass is 35.5. The van der Waals surface area contributed by atoms with E-state index in [0.717, 1.165) is 11.8 Å². The zero-order valence-corrected chi connectivity index (χ0v) is 19.0. The summed E-state index contributed by atoms with van der Waals surface area (Å²) in [6.45, 7) is 8.41. The monoisotopic (exact) mass is 453 g/mol. The molecule has 5 nitrogen and oxygen atoms in total. The maximum Gasteiger partial charge on any atom is 0.273 e. The molecule has 0 unspecified atom stereocenters. The Morgan fingerprint density at radius 2 is 1.83 bits per heavy atom. The lowest BCUT2D eigenvalue weighted by atomic mass is 10.1. The Hall–Kier alpha value is -2.44. The lowest BCUT2D eigenvalue weighted by Gasteiger charge is -2.06. The van der Waals surface area contributed by atoms with Gasteiger partial charge in [0.1, 0.15) is 5.82 Å². The summed E-state index contributed by atoms with van der Waals surface area (Å²) in [4.78, 5) is 20.1. The van der Waals surface area contributed by atoms with Crippen molar-refractivity contribution in [3.05, 3.63) is 70.2 Å². The molecule has 0 fully saturated rings. The van der Waals surface area contributed by atoms with Crippen molar-refractivity contribution >= 4 is 29.1 Å². The van der Waals surface area contributed by atoms with Crippen molar-refractivity contribution in [2.75, 3.05) is 6.54 Å². The largest absolute Gasteiger partial charge is 0.443 e. The highest BCUT2D eigenvalue weighted by Gasteiger charge is 2.18. The summed E-state index contributed by atoms with van der Waals surface area (Å²) in [6, 6.07) is 6.35. The van der Waals surface area contributed by atoms with Gasteiger partial charge in [-0.1, -0.05) is 50.9 Å². The van der Waals surface area contributed by atoms with E-state index < -0.39 is 0 Å². The molecule has 0 aliphatic carbocycles. The fraction of sp³-hybridized carbons (Fsp3) is 0.318. The molecule has 2 aromatic heterocycles. The fourth-order valence-electron chi connectivity index (χ4n) is 2.42. The minimum absolute atomic E-state index is 0.163. The molecule has 1 N–H and O–H groups in total. The van der Waals surface area contributed by atoms with Crippen molar-refractivity contribution in [2.45, 2.75) is 40.5 Å². The molecule has 0 bridgehead atoms. The van der Waals surface area contributed by atoms with Crippen LogP contribution in [-0.4, -0.2) is 22.4 Å². The van der Waals surface area contributed by atoms with E-state index >= 15 is 0 Å². The Morgan fingerprint density at radius 3 is 2.50 bits per heavy atom. The molecule has 8 heteroatoms. The molecule has 30 heavy (non-hydrogen) atoms. The minimum atomic E-state index is -0.375. The van der Waals surface area contributed by atoms with Crippen LogP contribution in [0.4, 0.5) is 4.39 Å². The molecule has 2 heterocycles. The number of carbonyl (C=O) groups excluding carboxylic acids is 1. The highest BCUT2D eigenvalue weighted by molar-refractivity contribution is 6.42. The van der Waals surface area contributed by atoms with E-state index in [2.05, 4.69) is 15.3 Å². The number of nitrogens with one attached hydrogen (secondary N) is 1. The Bertz CT molecular complexity index is 932. The molecule has 0 radical (unpaired) electrons. The van der Waals surface area contributed by atoms with E-state index in [1.165, 1.54) is 12.5 Å². The molecule has 0 aliphatic rings. The van der Waals surface area contributed by atoms with Crippen molar-refractivity contribution < 1.29 is 13.6 Å². The number of carbonyl (C=O) groups is 1. The zero-order chi connectivity index (χ0) is 22.5. The topological polar surface area (TPSA) is 68.0 Å². The third kappa shape index (κ3) is 7.43. The second kappa shape index (κ2) is 13.7. The standard InChI is InChI=1S/C18H14Cl2FN3O2.2C2H6/c19-14-4-3-12(7-15(14)20)17-16(24-10-26-17)18(25)23-5-1-2-11-6-13(21)9-22-8-11;2*1-2/h3-4,6-10H,1-2,5H2,(H,23,25);2*1-2H3. The quantitative estimate of drug-likeness (QED) is 0.426. The van der Waals surface area contributed by atoms with Crippen LogP contribution >= 0.6 is 23.2 Å². The van der Waals surface area contributed by atoms with E-state index in [-0.39, 0.29) is 17.4 Å². The summed E-state index contributed by atoms with van der Waals surface area (Å²) in [6.07, 6.45) is 5.19. The molecule has 162 valence electrons. The van der Waals surface area contributed by atoms with Gasteiger partial charge in [0, 0.05) is 18.3 Å². The summed E-state index contributed by atoms with van der Waals surface area (Å²) >= 11 is 11.9. The van der Waals surface area contributed by atoms with Crippen LogP contribution in [-0.2, 0) is 6.42 Å². The predicted octanol–water partition coefficient (Wildman–Crippen LogP) is 6.60. The van der Waals surface area contributed by atoms with Gasteiger partial charge in [-0.25, -0.2) is 9.37 Å². The van der Waals surface area contributed by atoms with E-state index in [1.807, 2.05) is 27.7 Å². The number of benzene rings is 1. The van der Waals surface area contributed by atoms with Crippen LogP contribution in [0, 0.1) is 5.82 Å². The summed E-state index contributed by atoms with van der Waals surface area (Å²) in [7, 11) is 0. The smallest absolute Gasteiger partial charge is 0.273 e. The second-order valence-corrected chi connectivity index (χ2v) is 6.34. The number of amides is 1. The van der Waals surface area contributed by atoms with Crippen LogP contribution < -0.4 is 5.32 Å². The van der Waals surface area contributed by atoms with E-state index in [9.17, 15) is 9.18 Å². The molecule has 0 aliphatic heterocycles. The SMILES string of the molecule is CC.CC.O=C(NCCCc1cncc(F)c1)c1ncoc1-c1ccc(Cl)c(Cl)c1. The van der Waals surface area contributed by atoms with E-state index in [4.69, 9.17) is 27.6 Å². The molecule has 1 aromatic carbocycles. The van der Waals surface area contributed by atoms with Gasteiger partial charge >= 0.3 is 0 Å². The van der Waals surface area contributed by atoms with Gasteiger partial charge in [-0.15, -0.1) is 0 Å². The van der Waals surface area contributed by atoms with Crippen LogP contribution in [0.1, 0.15) is 50.2 Å². The normalized spacial score (nSPS) is 9.70. The third-order valence-corrected chi connectivity index (χ3v) is 4.39. The maximum absolute atomic E-state index is 13.1. The lowest BCUT2D eigenvalue weighted by molar-refractivity contribution is 0.0949. The van der Waals surface area contributed by atoms with Crippen molar-refractivity contribution in [2.24, 2.45) is 0 Å². The first kappa shape index (κ1) is 25.6. The lowest BCUT2D eigenvalue weighted by Crippen LogP contribution is -2.25. The number of aryl methyl sites for hydroxylation is 1. The predicted molar refractivity (Wildman–Crippen MR) is 120 cm³/mol. The number of hydrogen-bond acceptors (Lipinski definition) is 4. The maximum atomic E-state index is 13.1. The number of oxazole rings is 1. The molecule has 3 rings (SSSR count). The Balaban J connectivity index is 0.00000106. The highest BCUT2D eigenvalue weighted by Crippen LogP contribution is 2.30. The molecule has 0 spiro atoms. The van der Waals surface area contributed by atoms with Gasteiger partial charge in [-0.3, -0.25) is 9.78 Å². The number of nitrogens with zero attached hydrogens (tertiary/aromatic N) is 2. The van der Waals surface area contributed by atoms with Gasteiger partial charge in [-0.05, 0) is 42.7 Å². The van der Waals surface area contributed by atoms with Gasteiger partial charge in [0.15, 0.2) is 17.8 Å². The summed E-state index contributed by atoms with van der Waals surface area (Å²) in [5, 5.41) is 3.54. The molecule has 0 saturated carbocycles. The second-order valence-electron chi connectivity index (χ2n) is 5.53. The third-order valence-electron chi connectivity index (χ3n) is 3.65. The minimum Gasteiger partial charge on any atom is -0.443 e. The first-order valence-corrected chi connectivity index (χ1v) is 10.6. The van der Waals surface area contributed by atoms with Gasteiger partial charge in [-0.2, -0.15) is 0 Å². The Morgan fingerprint density at radius 1 is 1.10 bits per heavy atom. The van der Waals surface area contributed by atoms with Crippen LogP contribution in [0.3, 0.4) is 0 Å². The molecule has 0 saturated heterocycles. The van der Waals surface area contributed by atoms with Crippen molar-refractivity contribution in [1.29, 1.82) is 0 Å². The average molecular weight is 454 g/mol. The van der Waals surface area contributed by atoms with Crippen LogP contribution in [0.2, 0.25) is 10.0 Å². The molecule has 1 amide bonds. The number of halogens is 3. The van der Waals surface area contributed by atoms with Crippen LogP contribution in [0.25, 0.3) is 11.3 Å². The Kier molecular flexibility index (Phi) is 11.7. The number of hydrogen-bond donors (Lipinski definition) is 1. The molecule has 0 atom stereocenters. The number of pyridine rings is 1. The van der Waals surface area contributed by atoms with Crippen molar-refractivity contribution in [3.63, 3.8) is 0 Å². The van der Waals surface area contributed by atoms with Crippen LogP contribution in [0.5, 0.6) is 0 Å². The first-order chi connectivity index (χ1) is 14.5. The van der Waals surface area contributed by atoms with Gasteiger partial charge in [0.25, 0.3) is 5.91 Å².